The fourth-order valence-corrected chi connectivity index (χ4v) is 10.2. The molecule has 0 saturated heterocycles. The van der Waals surface area contributed by atoms with Gasteiger partial charge in [0.2, 0.25) is 5.11 Å². The zero-order valence-corrected chi connectivity index (χ0v) is 30.8. The summed E-state index contributed by atoms with van der Waals surface area (Å²) in [5, 5.41) is 25.9. The van der Waals surface area contributed by atoms with Crippen LogP contribution in [0.5, 0.6) is 11.5 Å². The Labute approximate surface area is 297 Å². The summed E-state index contributed by atoms with van der Waals surface area (Å²) in [4.78, 5) is 38.8. The number of nitrogens with zero attached hydrogens (tertiary/aromatic N) is 3. The van der Waals surface area contributed by atoms with Gasteiger partial charge >= 0.3 is 15.2 Å². The maximum absolute atomic E-state index is 11.5. The van der Waals surface area contributed by atoms with Gasteiger partial charge < -0.3 is 39.4 Å². The van der Waals surface area contributed by atoms with Crippen molar-refractivity contribution in [2.24, 2.45) is 27.5 Å². The van der Waals surface area contributed by atoms with Crippen LogP contribution in [0.15, 0.2) is 52.7 Å². The Morgan fingerprint density at radius 1 is 1.08 bits per heavy atom. The largest absolute Gasteiger partial charge is 0.508 e. The van der Waals surface area contributed by atoms with Gasteiger partial charge in [0, 0.05) is 30.6 Å². The number of phenolic OH excluding ortho intramolecular Hbond substituents is 1. The van der Waals surface area contributed by atoms with Crippen LogP contribution in [0.1, 0.15) is 74.5 Å². The molecule has 2 unspecified atom stereocenters. The van der Waals surface area contributed by atoms with Crippen LogP contribution in [-0.2, 0) is 15.6 Å². The highest BCUT2D eigenvalue weighted by Crippen LogP contribution is 2.69. The van der Waals surface area contributed by atoms with E-state index in [9.17, 15) is 38.9 Å². The smallest absolute Gasteiger partial charge is 0.369 e. The molecular weight excluding hydrogens is 704 g/mol. The van der Waals surface area contributed by atoms with E-state index < -0.39 is 26.7 Å². The zero-order chi connectivity index (χ0) is 36.3. The molecule has 0 heterocycles. The Bertz CT molecular complexity index is 1690. The number of aromatic hydroxyl groups is 1. The first-order valence-corrected chi connectivity index (χ1v) is 20.4. The SMILES string of the molecule is CN(CCCOc1cccc(/C=N/NC(=S)N/N=C2\CCC3[C@@H]4CCc5cc(O)ccc5C4CC[C@]23C)c1)CCC(O)(P(=O)(O)O)P(=O)(O)O. The lowest BCUT2D eigenvalue weighted by Gasteiger charge is -2.49. The standard InChI is InChI=1S/C33H47N5O9P2S/c1-32-14-13-27-26-10-8-24(39)20-23(26)7-9-28(27)29(32)11-12-30(32)35-37-31(50)36-34-21-22-5-3-6-25(19-22)47-18-4-16-38(2)17-15-33(40,48(41,42)43)49(44,45)46/h3,5-6,8,10,19-21,27-29,39-40H,4,7,9,11-18H2,1-2H3,(H2,36,37,50)(H2,41,42,43)(H2,44,45,46)/b34-21+,35-30+/t27?,28-,29?,32+/m1/s1. The van der Waals surface area contributed by atoms with Crippen LogP contribution in [0.2, 0.25) is 0 Å². The molecule has 0 spiro atoms. The minimum Gasteiger partial charge on any atom is -0.508 e. The number of ether oxygens (including phenoxy) is 1. The fourth-order valence-electron chi connectivity index (χ4n) is 7.97. The van der Waals surface area contributed by atoms with Gasteiger partial charge in [0.05, 0.1) is 12.8 Å². The van der Waals surface area contributed by atoms with E-state index in [1.165, 1.54) is 11.1 Å². The summed E-state index contributed by atoms with van der Waals surface area (Å²) < 4.78 is 28.9. The lowest BCUT2D eigenvalue weighted by molar-refractivity contribution is 0.0954. The average Bonchev–Trinajstić information content (AvgIpc) is 3.39. The number of phenols is 1. The van der Waals surface area contributed by atoms with Gasteiger partial charge in [-0.3, -0.25) is 20.0 Å². The predicted molar refractivity (Wildman–Crippen MR) is 194 cm³/mol. The van der Waals surface area contributed by atoms with E-state index in [2.05, 4.69) is 28.9 Å². The van der Waals surface area contributed by atoms with E-state index in [-0.39, 0.29) is 17.1 Å². The van der Waals surface area contributed by atoms with Gasteiger partial charge in [0.25, 0.3) is 5.08 Å². The molecule has 8 N–H and O–H groups in total. The van der Waals surface area contributed by atoms with Crippen molar-refractivity contribution < 1.29 is 43.7 Å². The highest BCUT2D eigenvalue weighted by molar-refractivity contribution is 7.80. The second-order valence-electron chi connectivity index (χ2n) is 13.9. The number of hydrogen-bond donors (Lipinski definition) is 8. The number of fused-ring (bicyclic) bond motifs is 5. The Morgan fingerprint density at radius 3 is 2.58 bits per heavy atom. The summed E-state index contributed by atoms with van der Waals surface area (Å²) in [5.74, 6) is 2.66. The van der Waals surface area contributed by atoms with E-state index in [0.717, 1.165) is 49.8 Å². The Morgan fingerprint density at radius 2 is 1.84 bits per heavy atom. The third-order valence-electron chi connectivity index (χ3n) is 10.7. The van der Waals surface area contributed by atoms with Crippen LogP contribution in [0.25, 0.3) is 0 Å². The van der Waals surface area contributed by atoms with Crippen LogP contribution >= 0.6 is 27.4 Å². The Hall–Kier alpha value is -2.71. The van der Waals surface area contributed by atoms with Crippen LogP contribution < -0.4 is 15.6 Å². The Kier molecular flexibility index (Phi) is 11.9. The van der Waals surface area contributed by atoms with Crippen LogP contribution in [0.4, 0.5) is 0 Å². The van der Waals surface area contributed by atoms with Crippen LogP contribution in [-0.4, -0.2) is 83.6 Å². The number of nitrogens with one attached hydrogen (secondary N) is 2. The molecule has 14 nitrogen and oxygen atoms in total. The minimum absolute atomic E-state index is 0.0278. The van der Waals surface area contributed by atoms with Gasteiger partial charge in [-0.15, -0.1) is 0 Å². The molecule has 2 saturated carbocycles. The van der Waals surface area contributed by atoms with Crippen molar-refractivity contribution in [2.75, 3.05) is 26.7 Å². The van der Waals surface area contributed by atoms with Crippen LogP contribution in [0, 0.1) is 17.3 Å². The molecule has 0 aliphatic heterocycles. The number of benzene rings is 2. The lowest BCUT2D eigenvalue weighted by atomic mass is 9.55. The average molecular weight is 752 g/mol. The maximum atomic E-state index is 11.5. The summed E-state index contributed by atoms with van der Waals surface area (Å²) in [7, 11) is -9.35. The molecule has 3 aliphatic rings. The van der Waals surface area contributed by atoms with Gasteiger partial charge in [0.1, 0.15) is 11.5 Å². The third-order valence-corrected chi connectivity index (χ3v) is 14.8. The molecule has 5 rings (SSSR count). The molecule has 3 aliphatic carbocycles. The van der Waals surface area contributed by atoms with Crippen molar-refractivity contribution in [3.05, 3.63) is 59.2 Å². The molecule has 2 aromatic rings. The molecule has 4 atom stereocenters. The van der Waals surface area contributed by atoms with Gasteiger partial charge in [-0.05, 0) is 123 Å². The van der Waals surface area contributed by atoms with E-state index in [1.54, 1.807) is 30.3 Å². The number of hydrogen-bond acceptors (Lipinski definition) is 9. The van der Waals surface area contributed by atoms with Gasteiger partial charge in [0.15, 0.2) is 0 Å². The molecule has 2 aromatic carbocycles. The Balaban J connectivity index is 1.05. The second kappa shape index (κ2) is 15.5. The number of aryl methyl sites for hydroxylation is 1. The molecule has 17 heteroatoms. The number of hydrazone groups is 2. The first-order valence-electron chi connectivity index (χ1n) is 16.7. The van der Waals surface area contributed by atoms with Gasteiger partial charge in [-0.2, -0.15) is 10.2 Å². The maximum Gasteiger partial charge on any atom is 0.369 e. The highest BCUT2D eigenvalue weighted by atomic mass is 32.1. The summed E-state index contributed by atoms with van der Waals surface area (Å²) in [6.45, 7) is 2.89. The number of thiocarbonyl (C=S) groups is 1. The molecule has 274 valence electrons. The molecular formula is C33H47N5O9P2S. The highest BCUT2D eigenvalue weighted by Gasteiger charge is 2.59. The van der Waals surface area contributed by atoms with Gasteiger partial charge in [-0.25, -0.2) is 0 Å². The monoisotopic (exact) mass is 751 g/mol. The normalized spacial score (nSPS) is 24.6. The van der Waals surface area contributed by atoms with Gasteiger partial charge in [-0.1, -0.05) is 25.1 Å². The van der Waals surface area contributed by atoms with Crippen molar-refractivity contribution >= 4 is 44.4 Å². The summed E-state index contributed by atoms with van der Waals surface area (Å²) in [6, 6.07) is 13.1. The van der Waals surface area contributed by atoms with E-state index in [4.69, 9.17) is 22.1 Å². The summed E-state index contributed by atoms with van der Waals surface area (Å²) in [6.07, 6.45) is 7.68. The number of rotatable bonds is 13. The van der Waals surface area contributed by atoms with Crippen molar-refractivity contribution in [1.82, 2.24) is 15.8 Å². The first kappa shape index (κ1) is 38.5. The molecule has 2 fully saturated rings. The molecule has 0 radical (unpaired) electrons. The molecule has 50 heavy (non-hydrogen) atoms. The first-order chi connectivity index (χ1) is 23.5. The van der Waals surface area contributed by atoms with Crippen molar-refractivity contribution in [2.45, 2.75) is 69.3 Å². The molecule has 0 amide bonds. The molecule has 0 aromatic heterocycles. The summed E-state index contributed by atoms with van der Waals surface area (Å²) >= 11 is 5.44. The van der Waals surface area contributed by atoms with Crippen molar-refractivity contribution in [1.29, 1.82) is 0 Å². The van der Waals surface area contributed by atoms with E-state index in [0.29, 0.717) is 48.8 Å². The molecule has 0 bridgehead atoms. The zero-order valence-electron chi connectivity index (χ0n) is 28.2. The fraction of sp³-hybridized carbons (Fsp3) is 0.545. The third kappa shape index (κ3) is 8.49. The second-order valence-corrected chi connectivity index (χ2v) is 18.3. The minimum atomic E-state index is -5.48. The van der Waals surface area contributed by atoms with E-state index in [1.807, 2.05) is 24.3 Å². The van der Waals surface area contributed by atoms with Crippen molar-refractivity contribution in [3.8, 4) is 11.5 Å². The quantitative estimate of drug-likeness (QED) is 0.0474. The number of aliphatic hydroxyl groups is 1. The summed E-state index contributed by atoms with van der Waals surface area (Å²) in [5.41, 5.74) is 10.5. The lowest BCUT2D eigenvalue weighted by Crippen LogP contribution is -2.43. The van der Waals surface area contributed by atoms with E-state index >= 15 is 0 Å². The van der Waals surface area contributed by atoms with Crippen LogP contribution in [0.3, 0.4) is 0 Å². The topological polar surface area (TPSA) is 217 Å². The van der Waals surface area contributed by atoms with Crippen molar-refractivity contribution in [3.63, 3.8) is 0 Å². The predicted octanol–water partition coefficient (Wildman–Crippen LogP) is 4.19.